The Morgan fingerprint density at radius 1 is 0.939 bits per heavy atom. The molecular weight excluding hydrogens is 452 g/mol. The van der Waals surface area contributed by atoms with Crippen LogP contribution in [0.2, 0.25) is 0 Å². The van der Waals surface area contributed by atoms with Gasteiger partial charge in [0.05, 0.1) is 5.56 Å². The maximum atomic E-state index is 13.0. The third kappa shape index (κ3) is 5.37. The number of carbonyl (C=O) groups excluding carboxylic acids is 1. The lowest BCUT2D eigenvalue weighted by molar-refractivity contribution is -0.150. The highest BCUT2D eigenvalue weighted by Gasteiger charge is 2.39. The number of amides is 1. The molecule has 0 radical (unpaired) electrons. The van der Waals surface area contributed by atoms with Crippen molar-refractivity contribution >= 4 is 17.2 Å². The van der Waals surface area contributed by atoms with E-state index in [4.69, 9.17) is 0 Å². The predicted octanol–water partition coefficient (Wildman–Crippen LogP) is 4.92. The summed E-state index contributed by atoms with van der Waals surface area (Å²) in [6, 6.07) is 4.05. The molecule has 4 rings (SSSR count). The summed E-state index contributed by atoms with van der Waals surface area (Å²) in [4.78, 5) is 19.4. The van der Waals surface area contributed by atoms with Crippen molar-refractivity contribution in [2.24, 2.45) is 0 Å². The minimum atomic E-state index is -5.00. The number of carbonyl (C=O) groups is 1. The van der Waals surface area contributed by atoms with E-state index in [1.54, 1.807) is 35.1 Å². The summed E-state index contributed by atoms with van der Waals surface area (Å²) in [5.74, 6) is -0.263. The van der Waals surface area contributed by atoms with E-state index in [0.29, 0.717) is 49.0 Å². The highest BCUT2D eigenvalue weighted by Crippen LogP contribution is 2.35. The van der Waals surface area contributed by atoms with Crippen LogP contribution in [0.15, 0.2) is 42.9 Å². The van der Waals surface area contributed by atoms with Crippen molar-refractivity contribution in [3.8, 4) is 0 Å². The van der Waals surface area contributed by atoms with Gasteiger partial charge in [0.2, 0.25) is 0 Å². The molecule has 1 amide bonds. The van der Waals surface area contributed by atoms with Crippen molar-refractivity contribution in [1.82, 2.24) is 19.7 Å². The van der Waals surface area contributed by atoms with Crippen molar-refractivity contribution in [2.45, 2.75) is 50.1 Å². The second kappa shape index (κ2) is 8.56. The SMILES string of the molecule is O=C(N[C@H]1CC[C@@H](Nc2cc(C(F)(F)F)nc(C(F)(F)F)c2)CC1)c1ccc2nccn2c1. The molecule has 0 bridgehead atoms. The van der Waals surface area contributed by atoms with Gasteiger partial charge in [0.25, 0.3) is 5.91 Å². The highest BCUT2D eigenvalue weighted by molar-refractivity contribution is 5.94. The van der Waals surface area contributed by atoms with Gasteiger partial charge >= 0.3 is 12.4 Å². The van der Waals surface area contributed by atoms with Crippen LogP contribution in [-0.2, 0) is 12.4 Å². The molecule has 12 heteroatoms. The predicted molar refractivity (Wildman–Crippen MR) is 107 cm³/mol. The zero-order valence-corrected chi connectivity index (χ0v) is 17.0. The first-order valence-electron chi connectivity index (χ1n) is 10.2. The van der Waals surface area contributed by atoms with E-state index < -0.39 is 23.7 Å². The summed E-state index contributed by atoms with van der Waals surface area (Å²) in [6.45, 7) is 0. The smallest absolute Gasteiger partial charge is 0.382 e. The number of hydrogen-bond donors (Lipinski definition) is 2. The molecule has 0 aromatic carbocycles. The van der Waals surface area contributed by atoms with Crippen LogP contribution in [0.3, 0.4) is 0 Å². The second-order valence-electron chi connectivity index (χ2n) is 7.90. The molecule has 0 saturated heterocycles. The van der Waals surface area contributed by atoms with E-state index in [1.807, 2.05) is 0 Å². The molecule has 0 unspecified atom stereocenters. The number of imidazole rings is 1. The standard InChI is InChI=1S/C21H19F6N5O/c22-20(23,24)16-9-15(10-17(31-16)21(25,26)27)29-13-2-4-14(5-3-13)30-19(33)12-1-6-18-28-7-8-32(18)11-12/h1,6-11,13-14H,2-5H2,(H,29,31)(H,30,33)/t13-,14+. The third-order valence-electron chi connectivity index (χ3n) is 5.49. The average Bonchev–Trinajstić information content (AvgIpc) is 3.21. The van der Waals surface area contributed by atoms with Crippen LogP contribution in [0.25, 0.3) is 5.65 Å². The van der Waals surface area contributed by atoms with Gasteiger partial charge in [-0.05, 0) is 49.9 Å². The Morgan fingerprint density at radius 2 is 1.55 bits per heavy atom. The topological polar surface area (TPSA) is 71.3 Å². The molecule has 1 fully saturated rings. The molecule has 1 aliphatic rings. The number of pyridine rings is 2. The van der Waals surface area contributed by atoms with Crippen LogP contribution < -0.4 is 10.6 Å². The molecule has 176 valence electrons. The zero-order chi connectivity index (χ0) is 23.8. The summed E-state index contributed by atoms with van der Waals surface area (Å²) in [5, 5.41) is 5.69. The average molecular weight is 471 g/mol. The number of nitrogens with one attached hydrogen (secondary N) is 2. The number of aromatic nitrogens is 3. The lowest BCUT2D eigenvalue weighted by Gasteiger charge is -2.30. The van der Waals surface area contributed by atoms with Gasteiger partial charge in [-0.3, -0.25) is 4.79 Å². The van der Waals surface area contributed by atoms with Crippen LogP contribution in [-0.4, -0.2) is 32.4 Å². The quantitative estimate of drug-likeness (QED) is 0.530. The molecule has 1 saturated carbocycles. The molecule has 0 atom stereocenters. The number of hydrogen-bond acceptors (Lipinski definition) is 4. The molecule has 3 aromatic heterocycles. The van der Waals surface area contributed by atoms with Crippen LogP contribution in [0.4, 0.5) is 32.0 Å². The molecule has 6 nitrogen and oxygen atoms in total. The second-order valence-corrected chi connectivity index (χ2v) is 7.90. The van der Waals surface area contributed by atoms with Gasteiger partial charge in [0.15, 0.2) is 0 Å². The van der Waals surface area contributed by atoms with E-state index >= 15 is 0 Å². The van der Waals surface area contributed by atoms with E-state index in [9.17, 15) is 31.1 Å². The normalized spacial score (nSPS) is 19.5. The van der Waals surface area contributed by atoms with Gasteiger partial charge in [-0.25, -0.2) is 9.97 Å². The van der Waals surface area contributed by atoms with Gasteiger partial charge in [-0.2, -0.15) is 26.3 Å². The van der Waals surface area contributed by atoms with Gasteiger partial charge in [-0.1, -0.05) is 0 Å². The van der Waals surface area contributed by atoms with Gasteiger partial charge in [0.1, 0.15) is 17.0 Å². The van der Waals surface area contributed by atoms with Crippen molar-refractivity contribution in [3.05, 3.63) is 59.8 Å². The van der Waals surface area contributed by atoms with Gasteiger partial charge in [0, 0.05) is 36.4 Å². The number of halogens is 6. The van der Waals surface area contributed by atoms with Crippen molar-refractivity contribution in [2.75, 3.05) is 5.32 Å². The summed E-state index contributed by atoms with van der Waals surface area (Å²) in [5.41, 5.74) is -2.33. The van der Waals surface area contributed by atoms with Crippen LogP contribution >= 0.6 is 0 Å². The first-order chi connectivity index (χ1) is 15.5. The van der Waals surface area contributed by atoms with E-state index in [2.05, 4.69) is 20.6 Å². The Hall–Kier alpha value is -3.31. The number of nitrogens with zero attached hydrogens (tertiary/aromatic N) is 3. The molecule has 1 aliphatic carbocycles. The Kier molecular flexibility index (Phi) is 5.93. The van der Waals surface area contributed by atoms with E-state index in [0.717, 1.165) is 0 Å². The van der Waals surface area contributed by atoms with Crippen LogP contribution in [0, 0.1) is 0 Å². The maximum Gasteiger partial charge on any atom is 0.433 e. The number of rotatable bonds is 4. The molecule has 3 heterocycles. The van der Waals surface area contributed by atoms with Crippen molar-refractivity contribution < 1.29 is 31.1 Å². The number of fused-ring (bicyclic) bond motifs is 1. The number of alkyl halides is 6. The molecule has 3 aromatic rings. The molecular formula is C21H19F6N5O. The number of anilines is 1. The van der Waals surface area contributed by atoms with E-state index in [-0.39, 0.29) is 23.7 Å². The Bertz CT molecular complexity index is 1120. The highest BCUT2D eigenvalue weighted by atomic mass is 19.4. The molecule has 0 spiro atoms. The minimum absolute atomic E-state index is 0.150. The summed E-state index contributed by atoms with van der Waals surface area (Å²) >= 11 is 0. The fourth-order valence-electron chi connectivity index (χ4n) is 3.85. The van der Waals surface area contributed by atoms with Crippen molar-refractivity contribution in [1.29, 1.82) is 0 Å². The van der Waals surface area contributed by atoms with E-state index in [1.165, 1.54) is 0 Å². The first kappa shape index (κ1) is 22.9. The molecule has 33 heavy (non-hydrogen) atoms. The summed E-state index contributed by atoms with van der Waals surface area (Å²) in [6.07, 6.45) is -3.02. The Labute approximate surface area is 184 Å². The third-order valence-corrected chi connectivity index (χ3v) is 5.49. The summed E-state index contributed by atoms with van der Waals surface area (Å²) in [7, 11) is 0. The molecule has 0 aliphatic heterocycles. The van der Waals surface area contributed by atoms with Gasteiger partial charge in [-0.15, -0.1) is 0 Å². The minimum Gasteiger partial charge on any atom is -0.382 e. The molecule has 2 N–H and O–H groups in total. The van der Waals surface area contributed by atoms with Crippen LogP contribution in [0.1, 0.15) is 47.4 Å². The lowest BCUT2D eigenvalue weighted by atomic mass is 9.90. The fourth-order valence-corrected chi connectivity index (χ4v) is 3.85. The monoisotopic (exact) mass is 471 g/mol. The largest absolute Gasteiger partial charge is 0.433 e. The Morgan fingerprint density at radius 3 is 2.15 bits per heavy atom. The Balaban J connectivity index is 1.37. The first-order valence-corrected chi connectivity index (χ1v) is 10.2. The zero-order valence-electron chi connectivity index (χ0n) is 17.0. The summed E-state index contributed by atoms with van der Waals surface area (Å²) < 4.78 is 79.7. The van der Waals surface area contributed by atoms with Crippen molar-refractivity contribution in [3.63, 3.8) is 0 Å². The van der Waals surface area contributed by atoms with Gasteiger partial charge < -0.3 is 15.0 Å². The lowest BCUT2D eigenvalue weighted by Crippen LogP contribution is -2.40. The fraction of sp³-hybridized carbons (Fsp3) is 0.381. The maximum absolute atomic E-state index is 13.0. The van der Waals surface area contributed by atoms with Crippen LogP contribution in [0.5, 0.6) is 0 Å².